The van der Waals surface area contributed by atoms with Gasteiger partial charge in [0, 0.05) is 89.4 Å². The summed E-state index contributed by atoms with van der Waals surface area (Å²) in [6.45, 7) is 6.15. The van der Waals surface area contributed by atoms with Crippen molar-refractivity contribution < 1.29 is 24.3 Å². The molecule has 0 saturated heterocycles. The van der Waals surface area contributed by atoms with Crippen LogP contribution in [-0.4, -0.2) is 34.6 Å². The van der Waals surface area contributed by atoms with Gasteiger partial charge in [-0.2, -0.15) is 0 Å². The van der Waals surface area contributed by atoms with Crippen molar-refractivity contribution in [1.29, 1.82) is 0 Å². The zero-order valence-electron chi connectivity index (χ0n) is 33.0. The van der Waals surface area contributed by atoms with Gasteiger partial charge in [-0.15, -0.1) is 0 Å². The largest absolute Gasteiger partial charge is 0.355 e. The third-order valence-corrected chi connectivity index (χ3v) is 11.4. The Morgan fingerprint density at radius 3 is 1.60 bits per heavy atom. The first-order chi connectivity index (χ1) is 26.4. The summed E-state index contributed by atoms with van der Waals surface area (Å²) < 4.78 is 2.10. The number of aromatic nitrogens is 6. The normalized spacial score (nSPS) is 12.7. The molecular weight excluding hydrogens is 750 g/mol. The molecule has 7 nitrogen and oxygen atoms in total. The zero-order chi connectivity index (χ0) is 37.4. The number of rotatable bonds is 15. The van der Waals surface area contributed by atoms with Crippen LogP contribution in [0.5, 0.6) is 0 Å². The van der Waals surface area contributed by atoms with Gasteiger partial charge in [0.25, 0.3) is 0 Å². The molecule has 0 spiro atoms. The van der Waals surface area contributed by atoms with E-state index in [0.717, 1.165) is 97.3 Å². The molecule has 1 aliphatic heterocycles. The molecule has 7 rings (SSSR count). The van der Waals surface area contributed by atoms with Crippen molar-refractivity contribution in [2.24, 2.45) is 7.05 Å². The second-order valence-electron chi connectivity index (χ2n) is 14.7. The summed E-state index contributed by atoms with van der Waals surface area (Å²) in [6, 6.07) is 26.2. The third-order valence-electron chi connectivity index (χ3n) is 10.6. The molecule has 0 amide bonds. The molecule has 4 N–H and O–H groups in total. The number of carbonyl (C=O) groups excluding carboxylic acids is 1. The van der Waals surface area contributed by atoms with E-state index in [-0.39, 0.29) is 24.6 Å². The Bertz CT molecular complexity index is 2460. The Kier molecular flexibility index (Phi) is 13.9. The zero-order valence-corrected chi connectivity index (χ0v) is 36.8. The van der Waals surface area contributed by atoms with Crippen LogP contribution in [-0.2, 0) is 31.3 Å². The molecule has 0 saturated carbocycles. The van der Waals surface area contributed by atoms with Crippen LogP contribution in [0.4, 0.5) is 0 Å². The van der Waals surface area contributed by atoms with Gasteiger partial charge in [0.15, 0.2) is 5.12 Å². The molecule has 0 radical (unpaired) electrons. The van der Waals surface area contributed by atoms with Gasteiger partial charge in [-0.3, -0.25) is 4.79 Å². The van der Waals surface area contributed by atoms with Crippen LogP contribution < -0.4 is 21.4 Å². The number of aryl methyl sites for hydroxylation is 1. The summed E-state index contributed by atoms with van der Waals surface area (Å²) in [4.78, 5) is 33.2. The Morgan fingerprint density at radius 1 is 0.600 bits per heavy atom. The van der Waals surface area contributed by atoms with Gasteiger partial charge in [-0.05, 0) is 103 Å². The number of H-pyrrole nitrogens is 4. The maximum atomic E-state index is 11.9. The topological polar surface area (TPSA) is 98.0 Å². The van der Waals surface area contributed by atoms with Gasteiger partial charge in [-0.25, -0.2) is 4.98 Å². The Labute approximate surface area is 341 Å². The summed E-state index contributed by atoms with van der Waals surface area (Å²) in [5.41, 5.74) is 10.1. The SMILES string of the molecule is CCCCCCCC1=c2ccc([nH]2)=C(c2ccc(SC(C)=O)cc2)c2ccc([nH]2)C(CCCCCCC)=c2ccc([nH]2)=C(c2nccn2C)c2ccc1[nH]2.[Zn]. The van der Waals surface area contributed by atoms with Crippen LogP contribution in [0.3, 0.4) is 0 Å². The van der Waals surface area contributed by atoms with Gasteiger partial charge in [0.05, 0.1) is 16.6 Å². The summed E-state index contributed by atoms with van der Waals surface area (Å²) >= 11 is 1.27. The van der Waals surface area contributed by atoms with E-state index in [1.54, 1.807) is 6.92 Å². The number of benzene rings is 1. The number of imidazole rings is 1. The molecule has 6 aromatic rings. The van der Waals surface area contributed by atoms with E-state index >= 15 is 0 Å². The second kappa shape index (κ2) is 19.0. The number of nitrogens with zero attached hydrogens (tertiary/aromatic N) is 2. The van der Waals surface area contributed by atoms with Crippen LogP contribution in [0.1, 0.15) is 132 Å². The van der Waals surface area contributed by atoms with Crippen molar-refractivity contribution in [2.75, 3.05) is 0 Å². The fraction of sp³-hybridized carbons (Fsp3) is 0.348. The first kappa shape index (κ1) is 40.3. The molecule has 0 fully saturated rings. The van der Waals surface area contributed by atoms with Gasteiger partial charge in [0.2, 0.25) is 0 Å². The fourth-order valence-corrected chi connectivity index (χ4v) is 8.42. The van der Waals surface area contributed by atoms with E-state index in [4.69, 9.17) is 4.98 Å². The molecule has 5 aromatic heterocycles. The number of carbonyl (C=O) groups is 1. The molecule has 55 heavy (non-hydrogen) atoms. The standard InChI is InChI=1S/C46H54N6OS.Zn/c1-5-7-9-11-13-15-34-36-21-25-40(48-36)44(32-17-19-33(20-18-32)54-31(3)53)41-26-22-37(49-41)35(16-14-12-10-8-6-2)39-24-28-43(51-39)45(42-27-23-38(34)50-42)46-47-29-30-52(46)4;/h17-30,48-51H,5-16H2,1-4H3;. The van der Waals surface area contributed by atoms with E-state index < -0.39 is 0 Å². The predicted octanol–water partition coefficient (Wildman–Crippen LogP) is 8.30. The van der Waals surface area contributed by atoms with Crippen LogP contribution in [0.2, 0.25) is 0 Å². The fourth-order valence-electron chi connectivity index (χ4n) is 7.81. The van der Waals surface area contributed by atoms with Crippen molar-refractivity contribution in [3.63, 3.8) is 0 Å². The number of unbranched alkanes of at least 4 members (excludes halogenated alkanes) is 8. The van der Waals surface area contributed by atoms with Gasteiger partial charge < -0.3 is 24.5 Å². The van der Waals surface area contributed by atoms with Gasteiger partial charge >= 0.3 is 0 Å². The molecule has 9 heteroatoms. The van der Waals surface area contributed by atoms with Crippen LogP contribution in [0.15, 0.2) is 90.1 Å². The van der Waals surface area contributed by atoms with E-state index in [9.17, 15) is 4.79 Å². The van der Waals surface area contributed by atoms with Crippen LogP contribution in [0, 0.1) is 0 Å². The predicted molar refractivity (Wildman–Crippen MR) is 223 cm³/mol. The second-order valence-corrected chi connectivity index (χ2v) is 15.9. The molecule has 1 aromatic carbocycles. The minimum absolute atomic E-state index is 0. The first-order valence-corrected chi connectivity index (χ1v) is 20.8. The maximum absolute atomic E-state index is 11.9. The average molecular weight is 804 g/mol. The Balaban J connectivity index is 0.00000514. The van der Waals surface area contributed by atoms with E-state index in [2.05, 4.69) is 118 Å². The van der Waals surface area contributed by atoms with Crippen molar-refractivity contribution in [2.45, 2.75) is 103 Å². The van der Waals surface area contributed by atoms with Crippen molar-refractivity contribution in [3.05, 3.63) is 141 Å². The average Bonchev–Trinajstić information content (AvgIpc) is 4.02. The molecule has 0 unspecified atom stereocenters. The molecule has 6 heterocycles. The van der Waals surface area contributed by atoms with Crippen LogP contribution >= 0.6 is 11.8 Å². The minimum atomic E-state index is 0. The molecular formula is C46H54N6OSZn. The maximum Gasteiger partial charge on any atom is 0.190 e. The van der Waals surface area contributed by atoms with Crippen LogP contribution in [0.25, 0.3) is 22.3 Å². The smallest absolute Gasteiger partial charge is 0.190 e. The van der Waals surface area contributed by atoms with Crippen molar-refractivity contribution in [3.8, 4) is 0 Å². The molecule has 282 valence electrons. The number of fused-ring (bicyclic) bond motifs is 8. The van der Waals surface area contributed by atoms with Crippen molar-refractivity contribution >= 4 is 39.2 Å². The van der Waals surface area contributed by atoms with Crippen molar-refractivity contribution in [1.82, 2.24) is 29.5 Å². The molecule has 0 atom stereocenters. The minimum Gasteiger partial charge on any atom is -0.355 e. The molecule has 8 bridgehead atoms. The summed E-state index contributed by atoms with van der Waals surface area (Å²) in [7, 11) is 2.06. The summed E-state index contributed by atoms with van der Waals surface area (Å²) in [6.07, 6.45) is 18.0. The number of hydrogen-bond acceptors (Lipinski definition) is 3. The van der Waals surface area contributed by atoms with E-state index in [1.165, 1.54) is 74.3 Å². The Hall–Kier alpha value is -4.33. The third kappa shape index (κ3) is 9.39. The van der Waals surface area contributed by atoms with E-state index in [0.29, 0.717) is 0 Å². The number of thioether (sulfide) groups is 1. The number of hydrogen-bond donors (Lipinski definition) is 4. The van der Waals surface area contributed by atoms with E-state index in [1.807, 2.05) is 12.4 Å². The number of nitrogens with one attached hydrogen (secondary N) is 4. The molecule has 0 aliphatic carbocycles. The summed E-state index contributed by atoms with van der Waals surface area (Å²) in [5, 5.41) is 4.41. The quantitative estimate of drug-likeness (QED) is 0.0478. The molecule has 1 aliphatic rings. The number of aromatic amines is 4. The first-order valence-electron chi connectivity index (χ1n) is 19.9. The van der Waals surface area contributed by atoms with Gasteiger partial charge in [0.1, 0.15) is 5.82 Å². The Morgan fingerprint density at radius 2 is 1.09 bits per heavy atom. The monoisotopic (exact) mass is 802 g/mol. The summed E-state index contributed by atoms with van der Waals surface area (Å²) in [5.74, 6) is 0.913. The van der Waals surface area contributed by atoms with Gasteiger partial charge in [-0.1, -0.05) is 89.1 Å².